The average Bonchev–Trinajstić information content (AvgIpc) is 2.63. The van der Waals surface area contributed by atoms with Gasteiger partial charge in [-0.05, 0) is 11.8 Å². The van der Waals surface area contributed by atoms with Crippen LogP contribution in [0.2, 0.25) is 5.02 Å². The monoisotopic (exact) mass is 255 g/mol. The highest BCUT2D eigenvalue weighted by molar-refractivity contribution is 6.33. The Morgan fingerprint density at radius 3 is 2.53 bits per heavy atom. The van der Waals surface area contributed by atoms with Crippen LogP contribution < -0.4 is 14.8 Å². The minimum atomic E-state index is 0.275. The highest BCUT2D eigenvalue weighted by atomic mass is 35.5. The molecule has 0 aromatic heterocycles. The topological polar surface area (TPSA) is 30.5 Å². The van der Waals surface area contributed by atoms with Crippen LogP contribution in [0.25, 0.3) is 0 Å². The van der Waals surface area contributed by atoms with E-state index in [1.54, 1.807) is 6.07 Å². The quantitative estimate of drug-likeness (QED) is 0.888. The molecule has 0 saturated heterocycles. The molecule has 0 fully saturated rings. The Balaban J connectivity index is 2.02. The third kappa shape index (κ3) is 3.19. The molecule has 1 aromatic carbocycles. The molecule has 1 aliphatic rings. The molecule has 3 nitrogen and oxygen atoms in total. The van der Waals surface area contributed by atoms with Crippen molar-refractivity contribution in [1.29, 1.82) is 0 Å². The van der Waals surface area contributed by atoms with Gasteiger partial charge in [0.25, 0.3) is 0 Å². The van der Waals surface area contributed by atoms with Crippen molar-refractivity contribution in [2.24, 2.45) is 5.41 Å². The molecule has 0 unspecified atom stereocenters. The summed E-state index contributed by atoms with van der Waals surface area (Å²) in [6, 6.07) is 3.69. The summed E-state index contributed by atoms with van der Waals surface area (Å²) in [5, 5.41) is 4.00. The number of hydrogen-bond donors (Lipinski definition) is 1. The van der Waals surface area contributed by atoms with E-state index in [0.29, 0.717) is 10.4 Å². The summed E-state index contributed by atoms with van der Waals surface area (Å²) in [6.45, 7) is 7.82. The van der Waals surface area contributed by atoms with Crippen molar-refractivity contribution < 1.29 is 9.47 Å². The molecule has 4 heteroatoms. The first-order valence-electron chi connectivity index (χ1n) is 5.79. The predicted octanol–water partition coefficient (Wildman–Crippen LogP) is 3.92. The van der Waals surface area contributed by atoms with E-state index in [-0.39, 0.29) is 6.79 Å². The molecule has 0 radical (unpaired) electrons. The van der Waals surface area contributed by atoms with Crippen LogP contribution in [0.5, 0.6) is 11.5 Å². The Hall–Kier alpha value is -1.09. The molecular weight excluding hydrogens is 238 g/mol. The fourth-order valence-corrected chi connectivity index (χ4v) is 1.85. The second-order valence-electron chi connectivity index (χ2n) is 5.42. The number of benzene rings is 1. The Bertz CT molecular complexity index is 413. The van der Waals surface area contributed by atoms with E-state index >= 15 is 0 Å². The van der Waals surface area contributed by atoms with Crippen molar-refractivity contribution >= 4 is 17.3 Å². The SMILES string of the molecule is CC(C)(C)CCNc1cc2c(cc1Cl)OCO2. The van der Waals surface area contributed by atoms with E-state index in [9.17, 15) is 0 Å². The fraction of sp³-hybridized carbons (Fsp3) is 0.538. The Morgan fingerprint density at radius 2 is 1.88 bits per heavy atom. The third-order valence-electron chi connectivity index (χ3n) is 2.65. The van der Waals surface area contributed by atoms with Crippen LogP contribution in [0.15, 0.2) is 12.1 Å². The zero-order valence-electron chi connectivity index (χ0n) is 10.5. The summed E-state index contributed by atoms with van der Waals surface area (Å²) in [7, 11) is 0. The first-order chi connectivity index (χ1) is 7.96. The number of halogens is 1. The highest BCUT2D eigenvalue weighted by Crippen LogP contribution is 2.39. The maximum Gasteiger partial charge on any atom is 0.231 e. The summed E-state index contributed by atoms with van der Waals surface area (Å²) in [4.78, 5) is 0. The van der Waals surface area contributed by atoms with Gasteiger partial charge in [0.1, 0.15) is 0 Å². The lowest BCUT2D eigenvalue weighted by atomic mass is 9.92. The smallest absolute Gasteiger partial charge is 0.231 e. The van der Waals surface area contributed by atoms with Gasteiger partial charge < -0.3 is 14.8 Å². The summed E-state index contributed by atoms with van der Waals surface area (Å²) in [5.41, 5.74) is 1.22. The maximum atomic E-state index is 6.16. The highest BCUT2D eigenvalue weighted by Gasteiger charge is 2.17. The van der Waals surface area contributed by atoms with Crippen molar-refractivity contribution in [3.8, 4) is 11.5 Å². The fourth-order valence-electron chi connectivity index (χ4n) is 1.62. The molecule has 94 valence electrons. The zero-order valence-corrected chi connectivity index (χ0v) is 11.2. The molecule has 0 spiro atoms. The van der Waals surface area contributed by atoms with Crippen LogP contribution in [0, 0.1) is 5.41 Å². The molecule has 2 rings (SSSR count). The van der Waals surface area contributed by atoms with Gasteiger partial charge >= 0.3 is 0 Å². The van der Waals surface area contributed by atoms with E-state index < -0.39 is 0 Å². The van der Waals surface area contributed by atoms with Gasteiger partial charge in [0, 0.05) is 18.7 Å². The number of ether oxygens (including phenoxy) is 2. The van der Waals surface area contributed by atoms with Crippen LogP contribution in [-0.4, -0.2) is 13.3 Å². The molecule has 0 bridgehead atoms. The van der Waals surface area contributed by atoms with Gasteiger partial charge in [0.15, 0.2) is 11.5 Å². The number of nitrogens with one attached hydrogen (secondary N) is 1. The van der Waals surface area contributed by atoms with Crippen LogP contribution in [0.1, 0.15) is 27.2 Å². The van der Waals surface area contributed by atoms with E-state index in [1.807, 2.05) is 6.07 Å². The molecule has 0 amide bonds. The van der Waals surface area contributed by atoms with Crippen molar-refractivity contribution in [3.05, 3.63) is 17.2 Å². The van der Waals surface area contributed by atoms with Crippen molar-refractivity contribution in [1.82, 2.24) is 0 Å². The van der Waals surface area contributed by atoms with Gasteiger partial charge in [-0.1, -0.05) is 32.4 Å². The first kappa shape index (κ1) is 12.4. The third-order valence-corrected chi connectivity index (χ3v) is 2.97. The van der Waals surface area contributed by atoms with Gasteiger partial charge in [0.2, 0.25) is 6.79 Å². The number of hydrogen-bond acceptors (Lipinski definition) is 3. The van der Waals surface area contributed by atoms with Gasteiger partial charge in [-0.15, -0.1) is 0 Å². The zero-order chi connectivity index (χ0) is 12.5. The largest absolute Gasteiger partial charge is 0.454 e. The van der Waals surface area contributed by atoms with Crippen molar-refractivity contribution in [3.63, 3.8) is 0 Å². The normalized spacial score (nSPS) is 13.9. The van der Waals surface area contributed by atoms with E-state index in [2.05, 4.69) is 26.1 Å². The second kappa shape index (κ2) is 4.65. The molecular formula is C13H18ClNO2. The molecule has 0 atom stereocenters. The molecule has 1 N–H and O–H groups in total. The second-order valence-corrected chi connectivity index (χ2v) is 5.83. The van der Waals surface area contributed by atoms with Crippen molar-refractivity contribution in [2.45, 2.75) is 27.2 Å². The van der Waals surface area contributed by atoms with Crippen molar-refractivity contribution in [2.75, 3.05) is 18.7 Å². The molecule has 1 aromatic rings. The number of anilines is 1. The lowest BCUT2D eigenvalue weighted by Crippen LogP contribution is -2.12. The predicted molar refractivity (Wildman–Crippen MR) is 70.1 cm³/mol. The molecule has 0 saturated carbocycles. The summed E-state index contributed by atoms with van der Waals surface area (Å²) in [6.07, 6.45) is 1.08. The van der Waals surface area contributed by atoms with Gasteiger partial charge in [-0.25, -0.2) is 0 Å². The van der Waals surface area contributed by atoms with Crippen LogP contribution in [-0.2, 0) is 0 Å². The van der Waals surface area contributed by atoms with Crippen LogP contribution in [0.4, 0.5) is 5.69 Å². The minimum absolute atomic E-state index is 0.275. The minimum Gasteiger partial charge on any atom is -0.454 e. The molecule has 17 heavy (non-hydrogen) atoms. The first-order valence-corrected chi connectivity index (χ1v) is 6.16. The Labute approximate surface area is 107 Å². The molecule has 1 aliphatic heterocycles. The average molecular weight is 256 g/mol. The van der Waals surface area contributed by atoms with Crippen LogP contribution >= 0.6 is 11.6 Å². The van der Waals surface area contributed by atoms with Gasteiger partial charge in [0.05, 0.1) is 10.7 Å². The summed E-state index contributed by atoms with van der Waals surface area (Å²) < 4.78 is 10.6. The maximum absolute atomic E-state index is 6.16. The summed E-state index contributed by atoms with van der Waals surface area (Å²) >= 11 is 6.16. The Kier molecular flexibility index (Phi) is 3.38. The van der Waals surface area contributed by atoms with E-state index in [0.717, 1.165) is 30.2 Å². The molecule has 0 aliphatic carbocycles. The van der Waals surface area contributed by atoms with E-state index in [4.69, 9.17) is 21.1 Å². The Morgan fingerprint density at radius 1 is 1.24 bits per heavy atom. The van der Waals surface area contributed by atoms with Gasteiger partial charge in [-0.3, -0.25) is 0 Å². The summed E-state index contributed by atoms with van der Waals surface area (Å²) in [5.74, 6) is 1.48. The van der Waals surface area contributed by atoms with E-state index in [1.165, 1.54) is 0 Å². The molecule has 1 heterocycles. The van der Waals surface area contributed by atoms with Crippen LogP contribution in [0.3, 0.4) is 0 Å². The lowest BCUT2D eigenvalue weighted by molar-refractivity contribution is 0.174. The lowest BCUT2D eigenvalue weighted by Gasteiger charge is -2.19. The standard InChI is InChI=1S/C13H18ClNO2/c1-13(2,3)4-5-15-10-7-12-11(6-9(10)14)16-8-17-12/h6-7,15H,4-5,8H2,1-3H3. The number of fused-ring (bicyclic) bond motifs is 1. The van der Waals surface area contributed by atoms with Gasteiger partial charge in [-0.2, -0.15) is 0 Å². The number of rotatable bonds is 3.